The number of fused-ring (bicyclic) bond motifs is 1. The maximum absolute atomic E-state index is 12.5. The van der Waals surface area contributed by atoms with Crippen LogP contribution in [0.1, 0.15) is 29.2 Å². The quantitative estimate of drug-likeness (QED) is 0.606. The topological polar surface area (TPSA) is 65.0 Å². The van der Waals surface area contributed by atoms with Crippen LogP contribution in [-0.2, 0) is 14.4 Å². The molecule has 0 bridgehead atoms. The van der Waals surface area contributed by atoms with Gasteiger partial charge in [-0.05, 0) is 36.8 Å². The summed E-state index contributed by atoms with van der Waals surface area (Å²) in [6, 6.07) is 23.6. The van der Waals surface area contributed by atoms with Gasteiger partial charge in [0.1, 0.15) is 16.7 Å². The highest BCUT2D eigenvalue weighted by Gasteiger charge is 2.27. The minimum absolute atomic E-state index is 0.0717. The van der Waals surface area contributed by atoms with Gasteiger partial charge in [0.15, 0.2) is 0 Å². The number of hydrogen-bond donors (Lipinski definition) is 0. The molecule has 6 heteroatoms. The smallest absolute Gasteiger partial charge is 0.358 e. The van der Waals surface area contributed by atoms with Crippen molar-refractivity contribution in [1.29, 1.82) is 0 Å². The molecule has 0 aliphatic carbocycles. The van der Waals surface area contributed by atoms with Crippen LogP contribution in [0.25, 0.3) is 0 Å². The first-order chi connectivity index (χ1) is 13.5. The molecule has 0 aromatic heterocycles. The number of para-hydroxylation sites is 1. The average Bonchev–Trinajstić information content (AvgIpc) is 2.73. The Labute approximate surface area is 164 Å². The molecule has 1 aliphatic heterocycles. The summed E-state index contributed by atoms with van der Waals surface area (Å²) in [5.74, 6) is 0.651. The van der Waals surface area contributed by atoms with Gasteiger partial charge in [-0.1, -0.05) is 65.3 Å². The van der Waals surface area contributed by atoms with E-state index in [1.165, 1.54) is 12.1 Å². The third-order valence-electron chi connectivity index (χ3n) is 4.57. The van der Waals surface area contributed by atoms with Crippen LogP contribution in [0.3, 0.4) is 0 Å². The lowest BCUT2D eigenvalue weighted by atomic mass is 9.96. The Kier molecular flexibility index (Phi) is 4.88. The Bertz CT molecular complexity index is 1110. The SMILES string of the molecule is Cc1ccc(S(=O)(=O)O/N=C2\CC(c3ccccc3)Oc3ccccc32)cc1. The van der Waals surface area contributed by atoms with Crippen LogP contribution >= 0.6 is 0 Å². The van der Waals surface area contributed by atoms with Crippen LogP contribution in [-0.4, -0.2) is 14.1 Å². The van der Waals surface area contributed by atoms with Crippen molar-refractivity contribution in [2.24, 2.45) is 5.16 Å². The normalized spacial score (nSPS) is 17.6. The average molecular weight is 393 g/mol. The molecule has 3 aromatic carbocycles. The first-order valence-electron chi connectivity index (χ1n) is 8.91. The fourth-order valence-electron chi connectivity index (χ4n) is 3.07. The lowest BCUT2D eigenvalue weighted by molar-refractivity contribution is 0.204. The van der Waals surface area contributed by atoms with Crippen LogP contribution in [0.4, 0.5) is 0 Å². The van der Waals surface area contributed by atoms with Crippen molar-refractivity contribution >= 4 is 15.8 Å². The van der Waals surface area contributed by atoms with Crippen LogP contribution in [0.5, 0.6) is 5.75 Å². The van der Waals surface area contributed by atoms with Gasteiger partial charge in [0.05, 0.1) is 5.71 Å². The number of aryl methyl sites for hydroxylation is 1. The highest BCUT2D eigenvalue weighted by atomic mass is 32.2. The van der Waals surface area contributed by atoms with Crippen LogP contribution in [0, 0.1) is 6.92 Å². The van der Waals surface area contributed by atoms with Gasteiger partial charge in [0, 0.05) is 12.0 Å². The molecule has 1 heterocycles. The predicted molar refractivity (Wildman–Crippen MR) is 107 cm³/mol. The molecule has 0 saturated heterocycles. The summed E-state index contributed by atoms with van der Waals surface area (Å²) < 4.78 is 36.1. The number of benzene rings is 3. The summed E-state index contributed by atoms with van der Waals surface area (Å²) in [4.78, 5) is 0.0717. The molecule has 3 aromatic rings. The predicted octanol–water partition coefficient (Wildman–Crippen LogP) is 4.63. The molecule has 5 nitrogen and oxygen atoms in total. The van der Waals surface area contributed by atoms with Gasteiger partial charge in [0.25, 0.3) is 0 Å². The molecule has 0 amide bonds. The van der Waals surface area contributed by atoms with Gasteiger partial charge in [0.2, 0.25) is 0 Å². The van der Waals surface area contributed by atoms with Crippen molar-refractivity contribution < 1.29 is 17.4 Å². The Hall–Kier alpha value is -3.12. The van der Waals surface area contributed by atoms with E-state index in [0.29, 0.717) is 17.9 Å². The van der Waals surface area contributed by atoms with Crippen molar-refractivity contribution in [2.45, 2.75) is 24.3 Å². The molecule has 142 valence electrons. The third kappa shape index (κ3) is 3.77. The fourth-order valence-corrected chi connectivity index (χ4v) is 3.81. The van der Waals surface area contributed by atoms with Crippen molar-refractivity contribution in [3.63, 3.8) is 0 Å². The van der Waals surface area contributed by atoms with Gasteiger partial charge in [-0.3, -0.25) is 4.28 Å². The Morgan fingerprint density at radius 1 is 0.929 bits per heavy atom. The molecule has 0 N–H and O–H groups in total. The summed E-state index contributed by atoms with van der Waals surface area (Å²) in [6.07, 6.45) is 0.144. The van der Waals surface area contributed by atoms with E-state index in [2.05, 4.69) is 5.16 Å². The standard InChI is InChI=1S/C22H19NO4S/c1-16-11-13-18(14-12-16)28(24,25)27-23-20-15-22(17-7-3-2-4-8-17)26-21-10-6-5-9-19(20)21/h2-14,22H,15H2,1H3/b23-20+. The Balaban J connectivity index is 1.66. The first kappa shape index (κ1) is 18.3. The zero-order chi connectivity index (χ0) is 19.6. The molecule has 1 unspecified atom stereocenters. The minimum atomic E-state index is -3.99. The molecule has 0 radical (unpaired) electrons. The molecule has 0 spiro atoms. The van der Waals surface area contributed by atoms with E-state index in [9.17, 15) is 8.42 Å². The highest BCUT2D eigenvalue weighted by molar-refractivity contribution is 7.86. The van der Waals surface area contributed by atoms with Gasteiger partial charge in [-0.2, -0.15) is 8.42 Å². The molecule has 0 saturated carbocycles. The minimum Gasteiger partial charge on any atom is -0.485 e. The van der Waals surface area contributed by atoms with Crippen LogP contribution in [0.15, 0.2) is 88.9 Å². The summed E-state index contributed by atoms with van der Waals surface area (Å²) in [6.45, 7) is 1.89. The van der Waals surface area contributed by atoms with E-state index in [-0.39, 0.29) is 11.0 Å². The lowest BCUT2D eigenvalue weighted by Gasteiger charge is -2.27. The number of oxime groups is 1. The molecule has 1 aliphatic rings. The Morgan fingerprint density at radius 2 is 1.61 bits per heavy atom. The molecule has 28 heavy (non-hydrogen) atoms. The molecule has 1 atom stereocenters. The van der Waals surface area contributed by atoms with E-state index in [1.807, 2.05) is 61.5 Å². The van der Waals surface area contributed by atoms with Crippen LogP contribution in [0.2, 0.25) is 0 Å². The van der Waals surface area contributed by atoms with E-state index in [1.54, 1.807) is 12.1 Å². The second-order valence-corrected chi connectivity index (χ2v) is 8.13. The van der Waals surface area contributed by atoms with Gasteiger partial charge in [-0.25, -0.2) is 0 Å². The van der Waals surface area contributed by atoms with E-state index in [4.69, 9.17) is 9.02 Å². The molecule has 0 fully saturated rings. The second kappa shape index (κ2) is 7.48. The third-order valence-corrected chi connectivity index (χ3v) is 5.69. The number of ether oxygens (including phenoxy) is 1. The van der Waals surface area contributed by atoms with E-state index >= 15 is 0 Å². The Morgan fingerprint density at radius 3 is 2.36 bits per heavy atom. The fraction of sp³-hybridized carbons (Fsp3) is 0.136. The monoisotopic (exact) mass is 393 g/mol. The number of hydrogen-bond acceptors (Lipinski definition) is 5. The second-order valence-electron chi connectivity index (χ2n) is 6.60. The highest BCUT2D eigenvalue weighted by Crippen LogP contribution is 2.35. The van der Waals surface area contributed by atoms with Crippen molar-refractivity contribution in [3.8, 4) is 5.75 Å². The van der Waals surface area contributed by atoms with Gasteiger partial charge >= 0.3 is 10.1 Å². The zero-order valence-electron chi connectivity index (χ0n) is 15.3. The van der Waals surface area contributed by atoms with Gasteiger partial charge < -0.3 is 4.74 Å². The maximum Gasteiger partial charge on any atom is 0.358 e. The van der Waals surface area contributed by atoms with Crippen molar-refractivity contribution in [3.05, 3.63) is 95.6 Å². The summed E-state index contributed by atoms with van der Waals surface area (Å²) in [7, 11) is -3.99. The molecule has 4 rings (SSSR count). The molecular weight excluding hydrogens is 374 g/mol. The number of nitrogens with zero attached hydrogens (tertiary/aromatic N) is 1. The summed E-state index contributed by atoms with van der Waals surface area (Å²) in [5, 5.41) is 4.02. The summed E-state index contributed by atoms with van der Waals surface area (Å²) in [5.41, 5.74) is 3.22. The van der Waals surface area contributed by atoms with E-state index < -0.39 is 10.1 Å². The maximum atomic E-state index is 12.5. The van der Waals surface area contributed by atoms with Crippen molar-refractivity contribution in [1.82, 2.24) is 0 Å². The number of rotatable bonds is 4. The van der Waals surface area contributed by atoms with E-state index in [0.717, 1.165) is 16.7 Å². The largest absolute Gasteiger partial charge is 0.485 e. The molecular formula is C22H19NO4S. The summed E-state index contributed by atoms with van der Waals surface area (Å²) >= 11 is 0. The zero-order valence-corrected chi connectivity index (χ0v) is 16.1. The van der Waals surface area contributed by atoms with Gasteiger partial charge in [-0.15, -0.1) is 0 Å². The lowest BCUT2D eigenvalue weighted by Crippen LogP contribution is -2.21. The first-order valence-corrected chi connectivity index (χ1v) is 10.3. The van der Waals surface area contributed by atoms with Crippen molar-refractivity contribution in [2.75, 3.05) is 0 Å². The van der Waals surface area contributed by atoms with Crippen LogP contribution < -0.4 is 4.74 Å².